The molecule has 2 aromatic carbocycles. The van der Waals surface area contributed by atoms with Crippen LogP contribution in [0.1, 0.15) is 20.7 Å². The SMILES string of the molecule is O=C(NC(=S)Nc1ccccc1C(=O)NCCO)c1ccc(F)cc1. The van der Waals surface area contributed by atoms with Gasteiger partial charge in [0.05, 0.1) is 17.9 Å². The molecule has 0 heterocycles. The molecule has 0 bridgehead atoms. The molecule has 25 heavy (non-hydrogen) atoms. The van der Waals surface area contributed by atoms with Crippen LogP contribution in [0, 0.1) is 5.82 Å². The van der Waals surface area contributed by atoms with Crippen molar-refractivity contribution in [3.05, 3.63) is 65.5 Å². The minimum absolute atomic E-state index is 0.00302. The van der Waals surface area contributed by atoms with Crippen molar-refractivity contribution in [1.82, 2.24) is 10.6 Å². The van der Waals surface area contributed by atoms with Crippen LogP contribution in [0.4, 0.5) is 10.1 Å². The number of nitrogens with one attached hydrogen (secondary N) is 3. The van der Waals surface area contributed by atoms with Gasteiger partial charge in [0.25, 0.3) is 11.8 Å². The zero-order valence-electron chi connectivity index (χ0n) is 13.1. The summed E-state index contributed by atoms with van der Waals surface area (Å²) in [6.45, 7) is -0.0492. The summed E-state index contributed by atoms with van der Waals surface area (Å²) >= 11 is 5.08. The average Bonchev–Trinajstić information content (AvgIpc) is 2.60. The fraction of sp³-hybridized carbons (Fsp3) is 0.118. The first kappa shape index (κ1) is 18.5. The van der Waals surface area contributed by atoms with Crippen molar-refractivity contribution in [3.63, 3.8) is 0 Å². The molecule has 0 aromatic heterocycles. The molecule has 2 aromatic rings. The van der Waals surface area contributed by atoms with E-state index >= 15 is 0 Å². The number of anilines is 1. The van der Waals surface area contributed by atoms with Crippen molar-refractivity contribution in [2.45, 2.75) is 0 Å². The fourth-order valence-corrected chi connectivity index (χ4v) is 2.19. The summed E-state index contributed by atoms with van der Waals surface area (Å²) < 4.78 is 12.9. The largest absolute Gasteiger partial charge is 0.395 e. The highest BCUT2D eigenvalue weighted by molar-refractivity contribution is 7.80. The standard InChI is InChI=1S/C17H16FN3O3S/c18-12-7-5-11(6-8-12)15(23)21-17(25)20-14-4-2-1-3-13(14)16(24)19-9-10-22/h1-8,22H,9-10H2,(H,19,24)(H2,20,21,23,25). The Hall–Kier alpha value is -2.84. The highest BCUT2D eigenvalue weighted by Gasteiger charge is 2.13. The summed E-state index contributed by atoms with van der Waals surface area (Å²) in [6, 6.07) is 11.6. The van der Waals surface area contributed by atoms with Gasteiger partial charge in [-0.1, -0.05) is 12.1 Å². The number of amides is 2. The second-order valence-corrected chi connectivity index (χ2v) is 5.35. The van der Waals surface area contributed by atoms with Crippen LogP contribution in [0.25, 0.3) is 0 Å². The number of halogens is 1. The van der Waals surface area contributed by atoms with E-state index in [2.05, 4.69) is 16.0 Å². The van der Waals surface area contributed by atoms with Crippen LogP contribution in [0.15, 0.2) is 48.5 Å². The molecule has 2 rings (SSSR count). The van der Waals surface area contributed by atoms with E-state index in [0.29, 0.717) is 11.3 Å². The van der Waals surface area contributed by atoms with Gasteiger partial charge in [-0.3, -0.25) is 14.9 Å². The number of carbonyl (C=O) groups excluding carboxylic acids is 2. The zero-order chi connectivity index (χ0) is 18.2. The molecular weight excluding hydrogens is 345 g/mol. The molecule has 6 nitrogen and oxygen atoms in total. The predicted octanol–water partition coefficient (Wildman–Crippen LogP) is 1.67. The van der Waals surface area contributed by atoms with Crippen molar-refractivity contribution < 1.29 is 19.1 Å². The molecule has 0 atom stereocenters. The summed E-state index contributed by atoms with van der Waals surface area (Å²) in [7, 11) is 0. The van der Waals surface area contributed by atoms with Gasteiger partial charge in [0.2, 0.25) is 0 Å². The lowest BCUT2D eigenvalue weighted by atomic mass is 10.1. The van der Waals surface area contributed by atoms with Crippen molar-refractivity contribution in [2.24, 2.45) is 0 Å². The first-order chi connectivity index (χ1) is 12.0. The van der Waals surface area contributed by atoms with E-state index in [0.717, 1.165) is 0 Å². The van der Waals surface area contributed by atoms with Gasteiger partial charge >= 0.3 is 0 Å². The molecular formula is C17H16FN3O3S. The Morgan fingerprint density at radius 2 is 1.72 bits per heavy atom. The summed E-state index contributed by atoms with van der Waals surface area (Å²) in [5.74, 6) is -1.33. The number of hydrogen-bond acceptors (Lipinski definition) is 4. The lowest BCUT2D eigenvalue weighted by Crippen LogP contribution is -2.35. The first-order valence-electron chi connectivity index (χ1n) is 7.37. The van der Waals surface area contributed by atoms with Gasteiger partial charge in [0, 0.05) is 12.1 Å². The van der Waals surface area contributed by atoms with E-state index in [-0.39, 0.29) is 29.7 Å². The monoisotopic (exact) mass is 361 g/mol. The summed E-state index contributed by atoms with van der Waals surface area (Å²) in [4.78, 5) is 24.1. The van der Waals surface area contributed by atoms with E-state index in [4.69, 9.17) is 17.3 Å². The predicted molar refractivity (Wildman–Crippen MR) is 95.9 cm³/mol. The number of benzene rings is 2. The summed E-state index contributed by atoms with van der Waals surface area (Å²) in [6.07, 6.45) is 0. The van der Waals surface area contributed by atoms with E-state index < -0.39 is 11.7 Å². The van der Waals surface area contributed by atoms with Gasteiger partial charge in [-0.25, -0.2) is 4.39 Å². The van der Waals surface area contributed by atoms with Crippen molar-refractivity contribution in [2.75, 3.05) is 18.5 Å². The average molecular weight is 361 g/mol. The molecule has 0 aliphatic carbocycles. The Morgan fingerprint density at radius 1 is 1.04 bits per heavy atom. The Bertz CT molecular complexity index is 781. The third kappa shape index (κ3) is 5.33. The third-order valence-electron chi connectivity index (χ3n) is 3.15. The summed E-state index contributed by atoms with van der Waals surface area (Å²) in [5.41, 5.74) is 0.969. The molecule has 0 radical (unpaired) electrons. The molecule has 0 aliphatic rings. The van der Waals surface area contributed by atoms with Crippen LogP contribution >= 0.6 is 12.2 Å². The molecule has 4 N–H and O–H groups in total. The number of aliphatic hydroxyl groups excluding tert-OH is 1. The van der Waals surface area contributed by atoms with Gasteiger partial charge in [-0.15, -0.1) is 0 Å². The Kier molecular flexibility index (Phi) is 6.55. The Balaban J connectivity index is 2.04. The van der Waals surface area contributed by atoms with Crippen molar-refractivity contribution >= 4 is 34.8 Å². The lowest BCUT2D eigenvalue weighted by Gasteiger charge is -2.13. The third-order valence-corrected chi connectivity index (χ3v) is 3.35. The van der Waals surface area contributed by atoms with Gasteiger partial charge in [0.1, 0.15) is 5.82 Å². The van der Waals surface area contributed by atoms with Gasteiger partial charge in [-0.05, 0) is 48.6 Å². The van der Waals surface area contributed by atoms with E-state index in [1.54, 1.807) is 24.3 Å². The van der Waals surface area contributed by atoms with Gasteiger partial charge in [0.15, 0.2) is 5.11 Å². The number of rotatable bonds is 5. The number of thiocarbonyl (C=S) groups is 1. The fourth-order valence-electron chi connectivity index (χ4n) is 1.98. The van der Waals surface area contributed by atoms with Crippen molar-refractivity contribution in [3.8, 4) is 0 Å². The smallest absolute Gasteiger partial charge is 0.257 e. The van der Waals surface area contributed by atoms with Crippen molar-refractivity contribution in [1.29, 1.82) is 0 Å². The quantitative estimate of drug-likeness (QED) is 0.609. The highest BCUT2D eigenvalue weighted by Crippen LogP contribution is 2.15. The number of hydrogen-bond donors (Lipinski definition) is 4. The molecule has 0 unspecified atom stereocenters. The molecule has 2 amide bonds. The maximum atomic E-state index is 12.9. The Morgan fingerprint density at radius 3 is 2.40 bits per heavy atom. The summed E-state index contributed by atoms with van der Waals surface area (Å²) in [5, 5.41) is 16.6. The molecule has 8 heteroatoms. The number of aliphatic hydroxyl groups is 1. The molecule has 0 aliphatic heterocycles. The molecule has 0 spiro atoms. The lowest BCUT2D eigenvalue weighted by molar-refractivity contribution is 0.0944. The minimum atomic E-state index is -0.500. The highest BCUT2D eigenvalue weighted by atomic mass is 32.1. The molecule has 130 valence electrons. The second-order valence-electron chi connectivity index (χ2n) is 4.94. The Labute approximate surface area is 149 Å². The zero-order valence-corrected chi connectivity index (χ0v) is 13.9. The van der Waals surface area contributed by atoms with Crippen LogP contribution in [0.5, 0.6) is 0 Å². The van der Waals surface area contributed by atoms with Crippen LogP contribution in [-0.4, -0.2) is 35.2 Å². The van der Waals surface area contributed by atoms with Gasteiger partial charge in [-0.2, -0.15) is 0 Å². The van der Waals surface area contributed by atoms with Crippen LogP contribution in [0.2, 0.25) is 0 Å². The number of para-hydroxylation sites is 1. The van der Waals surface area contributed by atoms with E-state index in [1.165, 1.54) is 24.3 Å². The maximum absolute atomic E-state index is 12.9. The van der Waals surface area contributed by atoms with E-state index in [1.807, 2.05) is 0 Å². The molecule has 0 fully saturated rings. The van der Waals surface area contributed by atoms with Crippen LogP contribution in [0.3, 0.4) is 0 Å². The number of carbonyl (C=O) groups is 2. The normalized spacial score (nSPS) is 10.0. The first-order valence-corrected chi connectivity index (χ1v) is 7.78. The molecule has 0 saturated heterocycles. The van der Waals surface area contributed by atoms with E-state index in [9.17, 15) is 14.0 Å². The van der Waals surface area contributed by atoms with Crippen LogP contribution in [-0.2, 0) is 0 Å². The maximum Gasteiger partial charge on any atom is 0.257 e. The topological polar surface area (TPSA) is 90.5 Å². The van der Waals surface area contributed by atoms with Crippen LogP contribution < -0.4 is 16.0 Å². The molecule has 0 saturated carbocycles. The van der Waals surface area contributed by atoms with Gasteiger partial charge < -0.3 is 15.7 Å². The minimum Gasteiger partial charge on any atom is -0.395 e. The second kappa shape index (κ2) is 8.86.